The molecule has 1 N–H and O–H groups in total. The average molecular weight is 263 g/mol. The van der Waals surface area contributed by atoms with Crippen molar-refractivity contribution < 1.29 is 0 Å². The lowest BCUT2D eigenvalue weighted by Crippen LogP contribution is -2.30. The van der Waals surface area contributed by atoms with E-state index in [1.807, 2.05) is 11.8 Å². The van der Waals surface area contributed by atoms with E-state index in [9.17, 15) is 0 Å². The first-order chi connectivity index (χ1) is 8.86. The number of nitrogens with one attached hydrogen (secondary N) is 1. The molecular weight excluding hydrogens is 238 g/mol. The van der Waals surface area contributed by atoms with Gasteiger partial charge in [0.1, 0.15) is 0 Å². The van der Waals surface area contributed by atoms with Crippen molar-refractivity contribution in [3.63, 3.8) is 0 Å². The van der Waals surface area contributed by atoms with Crippen molar-refractivity contribution in [1.29, 1.82) is 0 Å². The Kier molecular flexibility index (Phi) is 5.58. The van der Waals surface area contributed by atoms with Crippen molar-refractivity contribution in [2.24, 2.45) is 5.92 Å². The van der Waals surface area contributed by atoms with E-state index >= 15 is 0 Å². The van der Waals surface area contributed by atoms with Crippen LogP contribution in [0.25, 0.3) is 0 Å². The molecule has 0 spiro atoms. The highest BCUT2D eigenvalue weighted by Crippen LogP contribution is 2.37. The molecule has 1 aliphatic rings. The van der Waals surface area contributed by atoms with E-state index in [4.69, 9.17) is 0 Å². The van der Waals surface area contributed by atoms with E-state index in [2.05, 4.69) is 42.8 Å². The van der Waals surface area contributed by atoms with Gasteiger partial charge in [0, 0.05) is 10.9 Å². The Hall–Kier alpha value is -0.470. The molecule has 1 atom stereocenters. The Morgan fingerprint density at radius 2 is 1.94 bits per heavy atom. The van der Waals surface area contributed by atoms with Crippen LogP contribution in [0.5, 0.6) is 0 Å². The van der Waals surface area contributed by atoms with Crippen LogP contribution in [0, 0.1) is 5.92 Å². The van der Waals surface area contributed by atoms with Gasteiger partial charge in [0.05, 0.1) is 0 Å². The maximum Gasteiger partial charge on any atom is 0.0359 e. The minimum atomic E-state index is 0.555. The van der Waals surface area contributed by atoms with Crippen LogP contribution in [0.15, 0.2) is 29.2 Å². The van der Waals surface area contributed by atoms with Gasteiger partial charge < -0.3 is 5.32 Å². The molecule has 1 aromatic carbocycles. The lowest BCUT2D eigenvalue weighted by Gasteiger charge is -2.32. The fraction of sp³-hybridized carbons (Fsp3) is 0.625. The van der Waals surface area contributed by atoms with E-state index < -0.39 is 0 Å². The zero-order valence-corrected chi connectivity index (χ0v) is 12.4. The Morgan fingerprint density at radius 1 is 1.22 bits per heavy atom. The van der Waals surface area contributed by atoms with Gasteiger partial charge in [0.25, 0.3) is 0 Å². The Balaban J connectivity index is 2.22. The Morgan fingerprint density at radius 3 is 2.61 bits per heavy atom. The summed E-state index contributed by atoms with van der Waals surface area (Å²) in [7, 11) is 0. The van der Waals surface area contributed by atoms with Crippen LogP contribution in [-0.2, 0) is 0 Å². The molecule has 1 aromatic rings. The number of hydrogen-bond donors (Lipinski definition) is 1. The van der Waals surface area contributed by atoms with Gasteiger partial charge in [-0.1, -0.05) is 44.4 Å². The number of hydrogen-bond acceptors (Lipinski definition) is 2. The first-order valence-electron chi connectivity index (χ1n) is 7.23. The second-order valence-electron chi connectivity index (χ2n) is 5.18. The zero-order valence-electron chi connectivity index (χ0n) is 11.6. The van der Waals surface area contributed by atoms with Crippen LogP contribution in [-0.4, -0.2) is 12.8 Å². The molecule has 18 heavy (non-hydrogen) atoms. The average Bonchev–Trinajstić information content (AvgIpc) is 2.46. The van der Waals surface area contributed by atoms with Gasteiger partial charge in [0.2, 0.25) is 0 Å². The molecule has 1 aliphatic carbocycles. The van der Waals surface area contributed by atoms with Crippen molar-refractivity contribution in [3.8, 4) is 0 Å². The fourth-order valence-electron chi connectivity index (χ4n) is 3.14. The molecule has 0 bridgehead atoms. The molecule has 2 rings (SSSR count). The largest absolute Gasteiger partial charge is 0.310 e. The first kappa shape index (κ1) is 14.0. The summed E-state index contributed by atoms with van der Waals surface area (Å²) in [5.41, 5.74) is 1.51. The SMILES string of the molecule is CCNC(c1ccccc1SC)C1CCCCC1. The summed E-state index contributed by atoms with van der Waals surface area (Å²) in [6.45, 7) is 3.28. The highest BCUT2D eigenvalue weighted by Gasteiger charge is 2.25. The van der Waals surface area contributed by atoms with E-state index in [1.54, 1.807) is 0 Å². The van der Waals surface area contributed by atoms with Crippen molar-refractivity contribution in [2.45, 2.75) is 50.0 Å². The summed E-state index contributed by atoms with van der Waals surface area (Å²) in [6.07, 6.45) is 9.21. The minimum absolute atomic E-state index is 0.555. The smallest absolute Gasteiger partial charge is 0.0359 e. The van der Waals surface area contributed by atoms with Crippen LogP contribution in [0.4, 0.5) is 0 Å². The van der Waals surface area contributed by atoms with Crippen molar-refractivity contribution in [3.05, 3.63) is 29.8 Å². The number of benzene rings is 1. The highest BCUT2D eigenvalue weighted by atomic mass is 32.2. The molecular formula is C16H25NS. The summed E-state index contributed by atoms with van der Waals surface area (Å²) < 4.78 is 0. The molecule has 100 valence electrons. The predicted molar refractivity (Wildman–Crippen MR) is 81.2 cm³/mol. The monoisotopic (exact) mass is 263 g/mol. The lowest BCUT2D eigenvalue weighted by atomic mass is 9.81. The quantitative estimate of drug-likeness (QED) is 0.777. The van der Waals surface area contributed by atoms with Gasteiger partial charge in [-0.15, -0.1) is 11.8 Å². The van der Waals surface area contributed by atoms with Crippen LogP contribution in [0.2, 0.25) is 0 Å². The van der Waals surface area contributed by atoms with E-state index in [1.165, 1.54) is 42.6 Å². The Labute approximate surface area is 116 Å². The summed E-state index contributed by atoms with van der Waals surface area (Å²) in [5.74, 6) is 0.826. The molecule has 1 nitrogen and oxygen atoms in total. The Bertz CT molecular complexity index is 358. The van der Waals surface area contributed by atoms with Crippen molar-refractivity contribution in [1.82, 2.24) is 5.32 Å². The molecule has 0 heterocycles. The summed E-state index contributed by atoms with van der Waals surface area (Å²) >= 11 is 1.87. The molecule has 0 radical (unpaired) electrons. The third kappa shape index (κ3) is 3.30. The molecule has 2 heteroatoms. The van der Waals surface area contributed by atoms with E-state index in [0.29, 0.717) is 6.04 Å². The third-order valence-electron chi connectivity index (χ3n) is 4.02. The third-order valence-corrected chi connectivity index (χ3v) is 4.83. The molecule has 1 fully saturated rings. The van der Waals surface area contributed by atoms with Crippen LogP contribution in [0.3, 0.4) is 0 Å². The predicted octanol–water partition coefficient (Wildman–Crippen LogP) is 4.64. The molecule has 0 amide bonds. The molecule has 0 saturated heterocycles. The van der Waals surface area contributed by atoms with Gasteiger partial charge in [-0.05, 0) is 43.2 Å². The van der Waals surface area contributed by atoms with Crippen LogP contribution < -0.4 is 5.32 Å². The molecule has 0 aromatic heterocycles. The fourth-order valence-corrected chi connectivity index (χ4v) is 3.79. The molecule has 1 unspecified atom stereocenters. The first-order valence-corrected chi connectivity index (χ1v) is 8.45. The summed E-state index contributed by atoms with van der Waals surface area (Å²) in [5, 5.41) is 3.73. The highest BCUT2D eigenvalue weighted by molar-refractivity contribution is 7.98. The molecule has 0 aliphatic heterocycles. The lowest BCUT2D eigenvalue weighted by molar-refractivity contribution is 0.272. The number of thioether (sulfide) groups is 1. The zero-order chi connectivity index (χ0) is 12.8. The topological polar surface area (TPSA) is 12.0 Å². The maximum absolute atomic E-state index is 3.73. The van der Waals surface area contributed by atoms with Crippen LogP contribution >= 0.6 is 11.8 Å². The van der Waals surface area contributed by atoms with Gasteiger partial charge in [-0.25, -0.2) is 0 Å². The molecule has 1 saturated carbocycles. The second kappa shape index (κ2) is 7.20. The standard InChI is InChI=1S/C16H25NS/c1-3-17-16(13-9-5-4-6-10-13)14-11-7-8-12-15(14)18-2/h7-8,11-13,16-17H,3-6,9-10H2,1-2H3. The number of rotatable bonds is 5. The minimum Gasteiger partial charge on any atom is -0.310 e. The van der Waals surface area contributed by atoms with Crippen molar-refractivity contribution in [2.75, 3.05) is 12.8 Å². The van der Waals surface area contributed by atoms with Crippen LogP contribution in [0.1, 0.15) is 50.6 Å². The second-order valence-corrected chi connectivity index (χ2v) is 6.02. The summed E-state index contributed by atoms with van der Waals surface area (Å²) in [4.78, 5) is 1.44. The van der Waals surface area contributed by atoms with Gasteiger partial charge >= 0.3 is 0 Å². The maximum atomic E-state index is 3.73. The van der Waals surface area contributed by atoms with Crippen molar-refractivity contribution >= 4 is 11.8 Å². The summed E-state index contributed by atoms with van der Waals surface area (Å²) in [6, 6.07) is 9.46. The van der Waals surface area contributed by atoms with Gasteiger partial charge in [-0.3, -0.25) is 0 Å². The normalized spacial score (nSPS) is 18.8. The van der Waals surface area contributed by atoms with Gasteiger partial charge in [0.15, 0.2) is 0 Å². The van der Waals surface area contributed by atoms with E-state index in [0.717, 1.165) is 12.5 Å². The van der Waals surface area contributed by atoms with E-state index in [-0.39, 0.29) is 0 Å². The van der Waals surface area contributed by atoms with Gasteiger partial charge in [-0.2, -0.15) is 0 Å².